The Balaban J connectivity index is 1.80. The highest BCUT2D eigenvalue weighted by atomic mass is 32.1. The largest absolute Gasteiger partial charge is 0.465 e. The number of carbonyl (C=O) groups is 3. The molecule has 3 atom stereocenters. The summed E-state index contributed by atoms with van der Waals surface area (Å²) in [4.78, 5) is 44.0. The van der Waals surface area contributed by atoms with Crippen molar-refractivity contribution in [2.24, 2.45) is 11.7 Å². The predicted octanol–water partition coefficient (Wildman–Crippen LogP) is 5.41. The summed E-state index contributed by atoms with van der Waals surface area (Å²) in [5.74, 6) is -4.71. The number of nitrogens with two attached hydrogens (primary N) is 1. The van der Waals surface area contributed by atoms with E-state index in [1.165, 1.54) is 35.6 Å². The maximum absolute atomic E-state index is 14.6. The van der Waals surface area contributed by atoms with Gasteiger partial charge in [0.1, 0.15) is 17.6 Å². The molecule has 0 unspecified atom stereocenters. The van der Waals surface area contributed by atoms with E-state index < -0.39 is 41.3 Å². The van der Waals surface area contributed by atoms with Crippen molar-refractivity contribution in [3.05, 3.63) is 111 Å². The minimum atomic E-state index is -1.12. The fraction of sp³-hybridized carbons (Fsp3) is 0.258. The SMILES string of the molecule is CCOC(=O)C1=C(N)N(c2ccccc2)C2=C(C(=O)[C@@H](C(=O)OCC)[C@@H](c3cccs3)C2)[C@@H]1c1ccc(F)cc1. The lowest BCUT2D eigenvalue weighted by Gasteiger charge is -2.43. The smallest absolute Gasteiger partial charge is 0.338 e. The molecule has 2 N–H and O–H groups in total. The Morgan fingerprint density at radius 3 is 2.33 bits per heavy atom. The molecule has 0 radical (unpaired) electrons. The zero-order chi connectivity index (χ0) is 28.4. The van der Waals surface area contributed by atoms with E-state index in [0.29, 0.717) is 16.9 Å². The number of ether oxygens (including phenoxy) is 2. The molecule has 0 bridgehead atoms. The van der Waals surface area contributed by atoms with Crippen LogP contribution in [0, 0.1) is 11.7 Å². The van der Waals surface area contributed by atoms with Crippen LogP contribution >= 0.6 is 11.3 Å². The number of halogens is 1. The summed E-state index contributed by atoms with van der Waals surface area (Å²) in [6.07, 6.45) is 0.286. The van der Waals surface area contributed by atoms with Gasteiger partial charge in [-0.3, -0.25) is 14.5 Å². The summed E-state index contributed by atoms with van der Waals surface area (Å²) in [6.45, 7) is 3.57. The van der Waals surface area contributed by atoms with Crippen molar-refractivity contribution in [1.82, 2.24) is 0 Å². The van der Waals surface area contributed by atoms with Crippen molar-refractivity contribution in [2.45, 2.75) is 32.1 Å². The topological polar surface area (TPSA) is 98.9 Å². The summed E-state index contributed by atoms with van der Waals surface area (Å²) in [5.41, 5.74) is 8.82. The van der Waals surface area contributed by atoms with Crippen LogP contribution in [0.15, 0.2) is 94.8 Å². The van der Waals surface area contributed by atoms with E-state index in [9.17, 15) is 18.8 Å². The number of allylic oxidation sites excluding steroid dienone is 2. The molecule has 40 heavy (non-hydrogen) atoms. The summed E-state index contributed by atoms with van der Waals surface area (Å²) in [6, 6.07) is 18.5. The van der Waals surface area contributed by atoms with Gasteiger partial charge in [0.25, 0.3) is 0 Å². The molecule has 2 aromatic carbocycles. The van der Waals surface area contributed by atoms with Crippen molar-refractivity contribution < 1.29 is 28.2 Å². The van der Waals surface area contributed by atoms with Crippen molar-refractivity contribution in [2.75, 3.05) is 18.1 Å². The van der Waals surface area contributed by atoms with Crippen molar-refractivity contribution in [3.63, 3.8) is 0 Å². The number of hydrogen-bond donors (Lipinski definition) is 1. The van der Waals surface area contributed by atoms with Crippen LogP contribution in [0.25, 0.3) is 0 Å². The molecule has 2 heterocycles. The first-order chi connectivity index (χ1) is 19.4. The molecule has 0 spiro atoms. The number of Topliss-reactive ketones (excluding diaryl/α,β-unsaturated/α-hetero) is 1. The van der Waals surface area contributed by atoms with Crippen LogP contribution in [0.5, 0.6) is 0 Å². The molecule has 206 valence electrons. The molecular formula is C31H29FN2O5S. The molecular weight excluding hydrogens is 531 g/mol. The van der Waals surface area contributed by atoms with Gasteiger partial charge < -0.3 is 15.2 Å². The predicted molar refractivity (Wildman–Crippen MR) is 150 cm³/mol. The van der Waals surface area contributed by atoms with Crippen LogP contribution in [0.1, 0.15) is 42.5 Å². The van der Waals surface area contributed by atoms with Crippen LogP contribution in [0.3, 0.4) is 0 Å². The summed E-state index contributed by atoms with van der Waals surface area (Å²) >= 11 is 1.46. The van der Waals surface area contributed by atoms with E-state index in [4.69, 9.17) is 15.2 Å². The third kappa shape index (κ3) is 4.81. The molecule has 0 saturated heterocycles. The van der Waals surface area contributed by atoms with E-state index in [2.05, 4.69) is 0 Å². The van der Waals surface area contributed by atoms with Gasteiger partial charge in [0.15, 0.2) is 5.78 Å². The molecule has 7 nitrogen and oxygen atoms in total. The molecule has 1 aliphatic carbocycles. The second-order valence-corrected chi connectivity index (χ2v) is 10.4. The minimum Gasteiger partial charge on any atom is -0.465 e. The van der Waals surface area contributed by atoms with Crippen molar-refractivity contribution >= 4 is 34.7 Å². The number of carbonyl (C=O) groups excluding carboxylic acids is 3. The number of thiophene rings is 1. The van der Waals surface area contributed by atoms with Gasteiger partial charge >= 0.3 is 11.9 Å². The Morgan fingerprint density at radius 2 is 1.70 bits per heavy atom. The third-order valence-electron chi connectivity index (χ3n) is 7.20. The number of rotatable bonds is 7. The lowest BCUT2D eigenvalue weighted by molar-refractivity contribution is -0.152. The second-order valence-electron chi connectivity index (χ2n) is 9.46. The Hall–Kier alpha value is -4.24. The van der Waals surface area contributed by atoms with Crippen LogP contribution < -0.4 is 10.6 Å². The van der Waals surface area contributed by atoms with E-state index in [0.717, 1.165) is 4.88 Å². The van der Waals surface area contributed by atoms with Gasteiger partial charge in [0.05, 0.1) is 24.7 Å². The molecule has 1 aliphatic heterocycles. The van der Waals surface area contributed by atoms with Gasteiger partial charge in [0, 0.05) is 27.8 Å². The lowest BCUT2D eigenvalue weighted by atomic mass is 9.68. The highest BCUT2D eigenvalue weighted by Crippen LogP contribution is 2.52. The number of nitrogens with zero attached hydrogens (tertiary/aromatic N) is 1. The van der Waals surface area contributed by atoms with E-state index in [1.54, 1.807) is 18.7 Å². The van der Waals surface area contributed by atoms with Gasteiger partial charge in [0.2, 0.25) is 0 Å². The Kier molecular flexibility index (Phi) is 7.84. The maximum atomic E-state index is 14.6. The highest BCUT2D eigenvalue weighted by Gasteiger charge is 2.51. The molecule has 0 fully saturated rings. The standard InChI is InChI=1S/C31H29FN2O5S/c1-3-38-30(36)25-21(23-11-8-16-40-23)17-22-26(28(25)35)24(18-12-14-19(32)15-13-18)27(31(37)39-4-2)29(33)34(22)20-9-6-5-7-10-20/h5-16,21,24-25H,3-4,17,33H2,1-2H3/t21-,24+,25+/m1/s1. The number of hydrogen-bond acceptors (Lipinski definition) is 8. The Labute approximate surface area is 235 Å². The van der Waals surface area contributed by atoms with Crippen LogP contribution in [-0.2, 0) is 23.9 Å². The van der Waals surface area contributed by atoms with Gasteiger partial charge in [-0.2, -0.15) is 0 Å². The lowest BCUT2D eigenvalue weighted by Crippen LogP contribution is -2.46. The number of para-hydroxylation sites is 1. The number of anilines is 1. The number of benzene rings is 2. The number of ketones is 1. The molecule has 3 aromatic rings. The van der Waals surface area contributed by atoms with E-state index in [1.807, 2.05) is 47.8 Å². The zero-order valence-corrected chi connectivity index (χ0v) is 23.0. The zero-order valence-electron chi connectivity index (χ0n) is 22.1. The highest BCUT2D eigenvalue weighted by molar-refractivity contribution is 7.10. The fourth-order valence-electron chi connectivity index (χ4n) is 5.57. The van der Waals surface area contributed by atoms with Gasteiger partial charge in [-0.25, -0.2) is 9.18 Å². The number of esters is 2. The molecule has 0 saturated carbocycles. The van der Waals surface area contributed by atoms with Crippen LogP contribution in [0.4, 0.5) is 10.1 Å². The van der Waals surface area contributed by atoms with E-state index in [-0.39, 0.29) is 36.6 Å². The van der Waals surface area contributed by atoms with Crippen LogP contribution in [-0.4, -0.2) is 30.9 Å². The monoisotopic (exact) mass is 560 g/mol. The van der Waals surface area contributed by atoms with Crippen LogP contribution in [0.2, 0.25) is 0 Å². The molecule has 0 amide bonds. The molecule has 9 heteroatoms. The van der Waals surface area contributed by atoms with Crippen molar-refractivity contribution in [1.29, 1.82) is 0 Å². The molecule has 5 rings (SSSR count). The Bertz CT molecular complexity index is 1480. The summed E-state index contributed by atoms with van der Waals surface area (Å²) < 4.78 is 24.8. The molecule has 2 aliphatic rings. The quantitative estimate of drug-likeness (QED) is 0.305. The average molecular weight is 561 g/mol. The normalized spacial score (nSPS) is 20.8. The van der Waals surface area contributed by atoms with Crippen molar-refractivity contribution in [3.8, 4) is 0 Å². The summed E-state index contributed by atoms with van der Waals surface area (Å²) in [7, 11) is 0. The maximum Gasteiger partial charge on any atom is 0.338 e. The van der Waals surface area contributed by atoms with E-state index >= 15 is 0 Å². The van der Waals surface area contributed by atoms with Gasteiger partial charge in [-0.1, -0.05) is 36.4 Å². The van der Waals surface area contributed by atoms with Gasteiger partial charge in [-0.15, -0.1) is 11.3 Å². The molecule has 1 aromatic heterocycles. The third-order valence-corrected chi connectivity index (χ3v) is 8.21. The summed E-state index contributed by atoms with van der Waals surface area (Å²) in [5, 5.41) is 1.90. The second kappa shape index (κ2) is 11.5. The minimum absolute atomic E-state index is 0.0570. The Morgan fingerprint density at radius 1 is 1.00 bits per heavy atom. The first-order valence-corrected chi connectivity index (χ1v) is 14.0. The first-order valence-electron chi connectivity index (χ1n) is 13.1. The fourth-order valence-corrected chi connectivity index (χ4v) is 6.44. The first kappa shape index (κ1) is 27.3. The van der Waals surface area contributed by atoms with Gasteiger partial charge in [-0.05, 0) is 61.5 Å². The average Bonchev–Trinajstić information content (AvgIpc) is 3.48.